The summed E-state index contributed by atoms with van der Waals surface area (Å²) in [4.78, 5) is 2.47. The van der Waals surface area contributed by atoms with Gasteiger partial charge in [-0.25, -0.2) is 0 Å². The standard InChI is InChI=1S/C46H29NS/c1-2-12-31-27-33(24-23-30(31)11-1)32-13-9-14-34(28-32)47(43-20-10-22-45-46(43)41-19-7-8-21-44(41)48-45)35-25-26-40-38-17-4-3-15-36(38)37-16-5-6-18-39(37)42(40)29-35/h1-29H. The van der Waals surface area contributed by atoms with Crippen molar-refractivity contribution < 1.29 is 0 Å². The lowest BCUT2D eigenvalue weighted by Crippen LogP contribution is -2.10. The zero-order valence-electron chi connectivity index (χ0n) is 26.1. The van der Waals surface area contributed by atoms with Crippen molar-refractivity contribution in [2.45, 2.75) is 0 Å². The van der Waals surface area contributed by atoms with E-state index in [1.54, 1.807) is 0 Å². The SMILES string of the molecule is c1cc(-c2ccc3ccccc3c2)cc(N(c2ccc3c4ccccc4c4ccccc4c3c2)c2cccc3sc4ccccc4c23)c1. The molecule has 0 atom stereocenters. The van der Waals surface area contributed by atoms with Crippen LogP contribution in [0.3, 0.4) is 0 Å². The first-order chi connectivity index (χ1) is 23.8. The van der Waals surface area contributed by atoms with Gasteiger partial charge in [-0.05, 0) is 103 Å². The molecule has 0 fully saturated rings. The molecule has 1 aromatic heterocycles. The largest absolute Gasteiger partial charge is 0.310 e. The number of thiophene rings is 1. The molecule has 0 radical (unpaired) electrons. The van der Waals surface area contributed by atoms with Crippen LogP contribution in [0.25, 0.3) is 74.4 Å². The Bertz CT molecular complexity index is 2830. The summed E-state index contributed by atoms with van der Waals surface area (Å²) in [5.74, 6) is 0. The zero-order valence-corrected chi connectivity index (χ0v) is 26.9. The van der Waals surface area contributed by atoms with Gasteiger partial charge in [-0.2, -0.15) is 0 Å². The first-order valence-corrected chi connectivity index (χ1v) is 17.2. The first kappa shape index (κ1) is 27.2. The molecule has 0 aliphatic heterocycles. The molecular formula is C46H29NS. The Kier molecular flexibility index (Phi) is 6.12. The fourth-order valence-corrected chi connectivity index (χ4v) is 8.72. The van der Waals surface area contributed by atoms with Gasteiger partial charge in [0.2, 0.25) is 0 Å². The van der Waals surface area contributed by atoms with E-state index in [1.807, 2.05) is 11.3 Å². The van der Waals surface area contributed by atoms with E-state index < -0.39 is 0 Å². The molecule has 2 heteroatoms. The van der Waals surface area contributed by atoms with Crippen LogP contribution in [0.5, 0.6) is 0 Å². The molecule has 10 aromatic rings. The summed E-state index contributed by atoms with van der Waals surface area (Å²) >= 11 is 1.86. The number of benzene rings is 9. The van der Waals surface area contributed by atoms with Crippen LogP contribution in [-0.2, 0) is 0 Å². The summed E-state index contributed by atoms with van der Waals surface area (Å²) in [6.07, 6.45) is 0. The highest BCUT2D eigenvalue weighted by Gasteiger charge is 2.20. The molecule has 0 unspecified atom stereocenters. The van der Waals surface area contributed by atoms with Crippen LogP contribution in [0.2, 0.25) is 0 Å². The molecule has 0 amide bonds. The maximum atomic E-state index is 2.47. The van der Waals surface area contributed by atoms with Crippen molar-refractivity contribution in [3.8, 4) is 11.1 Å². The molecule has 48 heavy (non-hydrogen) atoms. The topological polar surface area (TPSA) is 3.24 Å². The molecule has 0 bridgehead atoms. The third kappa shape index (κ3) is 4.24. The molecule has 0 saturated carbocycles. The van der Waals surface area contributed by atoms with E-state index in [9.17, 15) is 0 Å². The Morgan fingerprint density at radius 2 is 0.917 bits per heavy atom. The van der Waals surface area contributed by atoms with Crippen molar-refractivity contribution in [2.24, 2.45) is 0 Å². The highest BCUT2D eigenvalue weighted by Crippen LogP contribution is 2.47. The van der Waals surface area contributed by atoms with Crippen molar-refractivity contribution in [1.29, 1.82) is 0 Å². The van der Waals surface area contributed by atoms with Crippen LogP contribution in [0, 0.1) is 0 Å². The van der Waals surface area contributed by atoms with Crippen molar-refractivity contribution in [1.82, 2.24) is 0 Å². The van der Waals surface area contributed by atoms with E-state index in [-0.39, 0.29) is 0 Å². The van der Waals surface area contributed by atoms with E-state index in [0.717, 1.165) is 11.4 Å². The average Bonchev–Trinajstić information content (AvgIpc) is 3.54. The van der Waals surface area contributed by atoms with E-state index in [1.165, 1.54) is 80.1 Å². The van der Waals surface area contributed by atoms with E-state index in [0.29, 0.717) is 0 Å². The van der Waals surface area contributed by atoms with Gasteiger partial charge in [-0.15, -0.1) is 11.3 Å². The van der Waals surface area contributed by atoms with Gasteiger partial charge in [0, 0.05) is 31.5 Å². The Morgan fingerprint density at radius 1 is 0.333 bits per heavy atom. The fourth-order valence-electron chi connectivity index (χ4n) is 7.60. The maximum absolute atomic E-state index is 2.47. The van der Waals surface area contributed by atoms with Gasteiger partial charge in [0.05, 0.1) is 5.69 Å². The molecule has 0 saturated heterocycles. The van der Waals surface area contributed by atoms with Crippen LogP contribution in [0.1, 0.15) is 0 Å². The van der Waals surface area contributed by atoms with Crippen molar-refractivity contribution >= 4 is 91.7 Å². The molecular weight excluding hydrogens is 599 g/mol. The predicted molar refractivity (Wildman–Crippen MR) is 209 cm³/mol. The van der Waals surface area contributed by atoms with Crippen LogP contribution in [-0.4, -0.2) is 0 Å². The molecule has 9 aromatic carbocycles. The Labute approximate surface area is 282 Å². The van der Waals surface area contributed by atoms with Gasteiger partial charge in [-0.1, -0.05) is 127 Å². The molecule has 10 rings (SSSR count). The second-order valence-electron chi connectivity index (χ2n) is 12.5. The molecule has 0 spiro atoms. The molecule has 0 N–H and O–H groups in total. The van der Waals surface area contributed by atoms with E-state index in [4.69, 9.17) is 0 Å². The minimum atomic E-state index is 1.13. The Balaban J connectivity index is 1.26. The highest BCUT2D eigenvalue weighted by molar-refractivity contribution is 7.26. The lowest BCUT2D eigenvalue weighted by molar-refractivity contribution is 1.31. The second kappa shape index (κ2) is 10.8. The molecule has 1 nitrogen and oxygen atoms in total. The number of anilines is 3. The second-order valence-corrected chi connectivity index (χ2v) is 13.6. The van der Waals surface area contributed by atoms with Gasteiger partial charge < -0.3 is 4.90 Å². The Hall–Kier alpha value is -5.96. The minimum absolute atomic E-state index is 1.13. The van der Waals surface area contributed by atoms with Gasteiger partial charge in [0.15, 0.2) is 0 Å². The maximum Gasteiger partial charge on any atom is 0.0554 e. The summed E-state index contributed by atoms with van der Waals surface area (Å²) in [5, 5.41) is 12.8. The predicted octanol–water partition coefficient (Wildman–Crippen LogP) is 13.8. The summed E-state index contributed by atoms with van der Waals surface area (Å²) in [7, 11) is 0. The van der Waals surface area contributed by atoms with Gasteiger partial charge in [0.25, 0.3) is 0 Å². The van der Waals surface area contributed by atoms with Crippen LogP contribution < -0.4 is 4.90 Å². The highest BCUT2D eigenvalue weighted by atomic mass is 32.1. The normalized spacial score (nSPS) is 11.8. The quantitative estimate of drug-likeness (QED) is 0.176. The molecule has 224 valence electrons. The summed E-state index contributed by atoms with van der Waals surface area (Å²) in [5.41, 5.74) is 5.87. The molecule has 0 aliphatic carbocycles. The first-order valence-electron chi connectivity index (χ1n) is 16.4. The number of fused-ring (bicyclic) bond motifs is 10. The summed E-state index contributed by atoms with van der Waals surface area (Å²) < 4.78 is 2.60. The lowest BCUT2D eigenvalue weighted by atomic mass is 9.94. The monoisotopic (exact) mass is 627 g/mol. The summed E-state index contributed by atoms with van der Waals surface area (Å²) in [6.45, 7) is 0. The third-order valence-electron chi connectivity index (χ3n) is 9.79. The average molecular weight is 628 g/mol. The number of nitrogens with zero attached hydrogens (tertiary/aromatic N) is 1. The Morgan fingerprint density at radius 3 is 1.71 bits per heavy atom. The lowest BCUT2D eigenvalue weighted by Gasteiger charge is -2.27. The smallest absolute Gasteiger partial charge is 0.0554 e. The molecule has 1 heterocycles. The minimum Gasteiger partial charge on any atom is -0.310 e. The van der Waals surface area contributed by atoms with Gasteiger partial charge in [-0.3, -0.25) is 0 Å². The zero-order chi connectivity index (χ0) is 31.6. The third-order valence-corrected chi connectivity index (χ3v) is 10.9. The van der Waals surface area contributed by atoms with Crippen LogP contribution in [0.15, 0.2) is 176 Å². The van der Waals surface area contributed by atoms with E-state index in [2.05, 4.69) is 181 Å². The van der Waals surface area contributed by atoms with Crippen molar-refractivity contribution in [2.75, 3.05) is 4.90 Å². The fraction of sp³-hybridized carbons (Fsp3) is 0. The summed E-state index contributed by atoms with van der Waals surface area (Å²) in [6, 6.07) is 64.6. The molecule has 0 aliphatic rings. The number of hydrogen-bond donors (Lipinski definition) is 0. The van der Waals surface area contributed by atoms with Crippen LogP contribution in [0.4, 0.5) is 17.1 Å². The van der Waals surface area contributed by atoms with Crippen molar-refractivity contribution in [3.05, 3.63) is 176 Å². The van der Waals surface area contributed by atoms with Crippen LogP contribution >= 0.6 is 11.3 Å². The van der Waals surface area contributed by atoms with Gasteiger partial charge >= 0.3 is 0 Å². The van der Waals surface area contributed by atoms with E-state index >= 15 is 0 Å². The van der Waals surface area contributed by atoms with Crippen molar-refractivity contribution in [3.63, 3.8) is 0 Å². The van der Waals surface area contributed by atoms with Gasteiger partial charge in [0.1, 0.15) is 0 Å². The number of hydrogen-bond acceptors (Lipinski definition) is 2. The number of rotatable bonds is 4.